The van der Waals surface area contributed by atoms with E-state index in [0.717, 1.165) is 25.3 Å². The quantitative estimate of drug-likeness (QED) is 0.813. The molecule has 0 spiro atoms. The molecule has 1 amide bonds. The van der Waals surface area contributed by atoms with Gasteiger partial charge in [-0.25, -0.2) is 0 Å². The Labute approximate surface area is 107 Å². The van der Waals surface area contributed by atoms with Crippen molar-refractivity contribution in [2.45, 2.75) is 19.4 Å². The lowest BCUT2D eigenvalue weighted by Crippen LogP contribution is -2.35. The number of nitrogens with two attached hydrogens (primary N) is 1. The van der Waals surface area contributed by atoms with Gasteiger partial charge in [-0.1, -0.05) is 6.07 Å². The van der Waals surface area contributed by atoms with Crippen LogP contribution in [0.25, 0.3) is 0 Å². The van der Waals surface area contributed by atoms with Crippen LogP contribution in [0.2, 0.25) is 0 Å². The van der Waals surface area contributed by atoms with Gasteiger partial charge >= 0.3 is 0 Å². The zero-order chi connectivity index (χ0) is 12.7. The van der Waals surface area contributed by atoms with E-state index in [0.29, 0.717) is 17.5 Å². The van der Waals surface area contributed by atoms with Crippen LogP contribution in [0.1, 0.15) is 22.3 Å². The first-order valence-corrected chi connectivity index (χ1v) is 6.54. The van der Waals surface area contributed by atoms with Crippen LogP contribution in [0.3, 0.4) is 0 Å². The Morgan fingerprint density at radius 3 is 3.06 bits per heavy atom. The number of carbonyl (C=O) groups excluding carboxylic acids is 1. The SMILES string of the molecule is Cc1ccc(C(N)=O)c(N2CC[C@H]3CNC[C@H]32)c1. The molecule has 0 bridgehead atoms. The third kappa shape index (κ3) is 1.77. The van der Waals surface area contributed by atoms with Gasteiger partial charge < -0.3 is 16.0 Å². The van der Waals surface area contributed by atoms with Crippen LogP contribution in [0.15, 0.2) is 18.2 Å². The first kappa shape index (κ1) is 11.5. The fraction of sp³-hybridized carbons (Fsp3) is 0.500. The number of hydrogen-bond acceptors (Lipinski definition) is 3. The highest BCUT2D eigenvalue weighted by Crippen LogP contribution is 2.34. The summed E-state index contributed by atoms with van der Waals surface area (Å²) in [6.45, 7) is 5.19. The zero-order valence-electron chi connectivity index (χ0n) is 10.6. The van der Waals surface area contributed by atoms with E-state index in [-0.39, 0.29) is 5.91 Å². The highest BCUT2D eigenvalue weighted by molar-refractivity contribution is 5.99. The second-order valence-corrected chi connectivity index (χ2v) is 5.35. The number of anilines is 1. The fourth-order valence-electron chi connectivity index (χ4n) is 3.24. The number of nitrogens with zero attached hydrogens (tertiary/aromatic N) is 1. The molecule has 2 atom stereocenters. The van der Waals surface area contributed by atoms with Crippen molar-refractivity contribution in [1.82, 2.24) is 5.32 Å². The summed E-state index contributed by atoms with van der Waals surface area (Å²) in [5.41, 5.74) is 8.32. The van der Waals surface area contributed by atoms with Crippen LogP contribution in [0.5, 0.6) is 0 Å². The van der Waals surface area contributed by atoms with E-state index >= 15 is 0 Å². The molecule has 18 heavy (non-hydrogen) atoms. The van der Waals surface area contributed by atoms with Gasteiger partial charge in [0, 0.05) is 25.7 Å². The number of aryl methyl sites for hydroxylation is 1. The molecule has 2 saturated heterocycles. The molecule has 0 aliphatic carbocycles. The first-order valence-electron chi connectivity index (χ1n) is 6.54. The molecule has 0 radical (unpaired) electrons. The summed E-state index contributed by atoms with van der Waals surface area (Å²) in [6.07, 6.45) is 1.20. The van der Waals surface area contributed by atoms with Crippen LogP contribution >= 0.6 is 0 Å². The van der Waals surface area contributed by atoms with Crippen LogP contribution < -0.4 is 16.0 Å². The molecule has 1 aromatic carbocycles. The third-order valence-corrected chi connectivity index (χ3v) is 4.17. The zero-order valence-corrected chi connectivity index (χ0v) is 10.6. The molecule has 96 valence electrons. The second kappa shape index (κ2) is 4.28. The van der Waals surface area contributed by atoms with E-state index < -0.39 is 0 Å². The van der Waals surface area contributed by atoms with Gasteiger partial charge in [-0.3, -0.25) is 4.79 Å². The van der Waals surface area contributed by atoms with Gasteiger partial charge in [0.15, 0.2) is 0 Å². The summed E-state index contributed by atoms with van der Waals surface area (Å²) >= 11 is 0. The van der Waals surface area contributed by atoms with Crippen molar-refractivity contribution in [3.05, 3.63) is 29.3 Å². The number of fused-ring (bicyclic) bond motifs is 1. The summed E-state index contributed by atoms with van der Waals surface area (Å²) in [5.74, 6) is 0.380. The molecule has 4 heteroatoms. The molecule has 2 aliphatic heterocycles. The smallest absolute Gasteiger partial charge is 0.250 e. The van der Waals surface area contributed by atoms with Crippen molar-refractivity contribution in [1.29, 1.82) is 0 Å². The van der Waals surface area contributed by atoms with E-state index in [1.54, 1.807) is 0 Å². The summed E-state index contributed by atoms with van der Waals surface area (Å²) in [4.78, 5) is 13.9. The monoisotopic (exact) mass is 245 g/mol. The summed E-state index contributed by atoms with van der Waals surface area (Å²) in [7, 11) is 0. The number of amides is 1. The Kier molecular flexibility index (Phi) is 2.74. The van der Waals surface area contributed by atoms with Crippen LogP contribution in [-0.4, -0.2) is 31.6 Å². The van der Waals surface area contributed by atoms with Crippen molar-refractivity contribution in [2.75, 3.05) is 24.5 Å². The fourth-order valence-corrected chi connectivity index (χ4v) is 3.24. The van der Waals surface area contributed by atoms with Crippen LogP contribution in [-0.2, 0) is 0 Å². The maximum absolute atomic E-state index is 11.6. The van der Waals surface area contributed by atoms with Crippen LogP contribution in [0.4, 0.5) is 5.69 Å². The third-order valence-electron chi connectivity index (χ3n) is 4.17. The van der Waals surface area contributed by atoms with Crippen molar-refractivity contribution in [2.24, 2.45) is 11.7 Å². The highest BCUT2D eigenvalue weighted by Gasteiger charge is 2.38. The van der Waals surface area contributed by atoms with Gasteiger partial charge in [0.25, 0.3) is 5.91 Å². The minimum atomic E-state index is -0.334. The molecule has 2 heterocycles. The van der Waals surface area contributed by atoms with Crippen molar-refractivity contribution < 1.29 is 4.79 Å². The molecule has 3 rings (SSSR count). The summed E-state index contributed by atoms with van der Waals surface area (Å²) in [6, 6.07) is 6.40. The van der Waals surface area contributed by atoms with Crippen molar-refractivity contribution in [3.8, 4) is 0 Å². The number of carbonyl (C=O) groups is 1. The maximum Gasteiger partial charge on any atom is 0.250 e. The first-order chi connectivity index (χ1) is 8.66. The van der Waals surface area contributed by atoms with Gasteiger partial charge in [0.1, 0.15) is 0 Å². The Morgan fingerprint density at radius 1 is 1.44 bits per heavy atom. The lowest BCUT2D eigenvalue weighted by Gasteiger charge is -2.27. The average Bonchev–Trinajstić information content (AvgIpc) is 2.89. The topological polar surface area (TPSA) is 58.4 Å². The summed E-state index contributed by atoms with van der Waals surface area (Å²) < 4.78 is 0. The van der Waals surface area contributed by atoms with Crippen LogP contribution in [0, 0.1) is 12.8 Å². The van der Waals surface area contributed by atoms with Gasteiger partial charge in [0.2, 0.25) is 0 Å². The Balaban J connectivity index is 2.00. The average molecular weight is 245 g/mol. The van der Waals surface area contributed by atoms with E-state index in [2.05, 4.69) is 23.2 Å². The minimum absolute atomic E-state index is 0.334. The van der Waals surface area contributed by atoms with E-state index in [1.165, 1.54) is 12.0 Å². The number of nitrogens with one attached hydrogen (secondary N) is 1. The molecular formula is C14H19N3O. The molecule has 2 aliphatic rings. The second-order valence-electron chi connectivity index (χ2n) is 5.35. The maximum atomic E-state index is 11.6. The molecule has 2 fully saturated rings. The van der Waals surface area contributed by atoms with Gasteiger partial charge in [0.05, 0.1) is 11.3 Å². The van der Waals surface area contributed by atoms with Crippen molar-refractivity contribution in [3.63, 3.8) is 0 Å². The van der Waals surface area contributed by atoms with Crippen molar-refractivity contribution >= 4 is 11.6 Å². The van der Waals surface area contributed by atoms with Gasteiger partial charge in [-0.05, 0) is 37.0 Å². The Bertz CT molecular complexity index is 486. The van der Waals surface area contributed by atoms with E-state index in [4.69, 9.17) is 5.73 Å². The predicted octanol–water partition coefficient (Wildman–Crippen LogP) is 0.892. The molecule has 0 saturated carbocycles. The largest absolute Gasteiger partial charge is 0.366 e. The molecule has 0 aromatic heterocycles. The summed E-state index contributed by atoms with van der Waals surface area (Å²) in [5, 5.41) is 3.43. The molecule has 0 unspecified atom stereocenters. The number of rotatable bonds is 2. The molecule has 1 aromatic rings. The molecular weight excluding hydrogens is 226 g/mol. The standard InChI is InChI=1S/C14H19N3O/c1-9-2-3-11(14(15)18)12(6-9)17-5-4-10-7-16-8-13(10)17/h2-3,6,10,13,16H,4-5,7-8H2,1H3,(H2,15,18)/t10-,13+/m0/s1. The Hall–Kier alpha value is -1.55. The normalized spacial score (nSPS) is 26.4. The number of primary amides is 1. The lowest BCUT2D eigenvalue weighted by atomic mass is 10.0. The highest BCUT2D eigenvalue weighted by atomic mass is 16.1. The van der Waals surface area contributed by atoms with E-state index in [1.807, 2.05) is 12.1 Å². The number of hydrogen-bond donors (Lipinski definition) is 2. The Morgan fingerprint density at radius 2 is 2.28 bits per heavy atom. The minimum Gasteiger partial charge on any atom is -0.366 e. The van der Waals surface area contributed by atoms with E-state index in [9.17, 15) is 4.79 Å². The van der Waals surface area contributed by atoms with Gasteiger partial charge in [-0.15, -0.1) is 0 Å². The van der Waals surface area contributed by atoms with Gasteiger partial charge in [-0.2, -0.15) is 0 Å². The number of benzene rings is 1. The molecule has 3 N–H and O–H groups in total. The lowest BCUT2D eigenvalue weighted by molar-refractivity contribution is 0.100. The molecule has 4 nitrogen and oxygen atoms in total. The predicted molar refractivity (Wildman–Crippen MR) is 71.8 cm³/mol.